The van der Waals surface area contributed by atoms with Gasteiger partial charge in [0.15, 0.2) is 11.5 Å². The Morgan fingerprint density at radius 2 is 1.33 bits per heavy atom. The lowest BCUT2D eigenvalue weighted by molar-refractivity contribution is 0.102. The van der Waals surface area contributed by atoms with Crippen LogP contribution in [0.4, 0.5) is 11.4 Å². The molecule has 0 atom stereocenters. The third-order valence-electron chi connectivity index (χ3n) is 8.06. The summed E-state index contributed by atoms with van der Waals surface area (Å²) in [5.74, 6) is 3.94. The van der Waals surface area contributed by atoms with Gasteiger partial charge in [0, 0.05) is 53.6 Å². The summed E-state index contributed by atoms with van der Waals surface area (Å²) >= 11 is 0. The Kier molecular flexibility index (Phi) is 10.9. The molecule has 0 radical (unpaired) electrons. The number of nitrogens with zero attached hydrogens (tertiary/aromatic N) is 6. The predicted molar refractivity (Wildman–Crippen MR) is 196 cm³/mol. The van der Waals surface area contributed by atoms with Crippen molar-refractivity contribution in [2.24, 2.45) is 0 Å². The quantitative estimate of drug-likeness (QED) is 0.122. The smallest absolute Gasteiger partial charge is 0.266 e. The molecule has 0 unspecified atom stereocenters. The summed E-state index contributed by atoms with van der Waals surface area (Å²) in [7, 11) is 1.59. The van der Waals surface area contributed by atoms with E-state index in [1.807, 2.05) is 12.1 Å². The summed E-state index contributed by atoms with van der Waals surface area (Å²) in [4.78, 5) is 21.3. The van der Waals surface area contributed by atoms with E-state index in [0.29, 0.717) is 74.6 Å². The van der Waals surface area contributed by atoms with Gasteiger partial charge in [0.25, 0.3) is 17.7 Å². The first-order valence-corrected chi connectivity index (χ1v) is 16.9. The minimum atomic E-state index is -0.260. The zero-order chi connectivity index (χ0) is 37.1. The zero-order valence-electron chi connectivity index (χ0n) is 29.0. The van der Waals surface area contributed by atoms with Crippen LogP contribution in [0.3, 0.4) is 0 Å². The van der Waals surface area contributed by atoms with Gasteiger partial charge in [-0.3, -0.25) is 14.8 Å². The van der Waals surface area contributed by atoms with Crippen molar-refractivity contribution in [1.29, 1.82) is 0 Å². The van der Waals surface area contributed by atoms with Crippen molar-refractivity contribution in [3.63, 3.8) is 0 Å². The fourth-order valence-corrected chi connectivity index (χ4v) is 5.54. The molecule has 3 aromatic carbocycles. The highest BCUT2D eigenvalue weighted by molar-refractivity contribution is 6.04. The summed E-state index contributed by atoms with van der Waals surface area (Å²) in [5, 5.41) is 17.8. The Bertz CT molecular complexity index is 2300. The fourth-order valence-electron chi connectivity index (χ4n) is 5.54. The van der Waals surface area contributed by atoms with Crippen LogP contribution >= 0.6 is 0 Å². The van der Waals surface area contributed by atoms with E-state index in [2.05, 4.69) is 35.7 Å². The number of aromatic nitrogens is 6. The van der Waals surface area contributed by atoms with Gasteiger partial charge in [0.1, 0.15) is 34.4 Å². The van der Waals surface area contributed by atoms with Crippen LogP contribution < -0.4 is 30.0 Å². The Labute approximate surface area is 309 Å². The number of pyridine rings is 2. The molecule has 0 saturated heterocycles. The number of nitrogens with two attached hydrogens (primary N) is 1. The number of nitrogens with one attached hydrogen (secondary N) is 1. The minimum Gasteiger partial charge on any atom is -0.493 e. The van der Waals surface area contributed by atoms with Crippen molar-refractivity contribution in [2.45, 2.75) is 31.8 Å². The van der Waals surface area contributed by atoms with Gasteiger partial charge in [0.2, 0.25) is 12.8 Å². The number of carbonyl (C=O) groups is 1. The van der Waals surface area contributed by atoms with E-state index in [0.717, 1.165) is 25.7 Å². The van der Waals surface area contributed by atoms with Crippen LogP contribution in [0.25, 0.3) is 23.2 Å². The highest BCUT2D eigenvalue weighted by Crippen LogP contribution is 2.33. The lowest BCUT2D eigenvalue weighted by atomic mass is 10.1. The Morgan fingerprint density at radius 1 is 0.722 bits per heavy atom. The number of benzene rings is 3. The molecule has 4 heterocycles. The number of nitrogen functional groups attached to an aromatic ring is 1. The second-order valence-electron chi connectivity index (χ2n) is 11.9. The number of rotatable bonds is 11. The van der Waals surface area contributed by atoms with E-state index in [-0.39, 0.29) is 12.0 Å². The Balaban J connectivity index is 0.000000199. The summed E-state index contributed by atoms with van der Waals surface area (Å²) in [6.45, 7) is 0. The molecule has 1 aliphatic carbocycles. The van der Waals surface area contributed by atoms with Crippen molar-refractivity contribution < 1.29 is 32.6 Å². The first kappa shape index (κ1) is 35.1. The second-order valence-corrected chi connectivity index (χ2v) is 11.9. The van der Waals surface area contributed by atoms with Crippen LogP contribution in [0, 0.1) is 0 Å². The topological polar surface area (TPSA) is 196 Å². The molecule has 0 spiro atoms. The van der Waals surface area contributed by atoms with E-state index in [1.165, 1.54) is 12.8 Å². The lowest BCUT2D eigenvalue weighted by Gasteiger charge is -2.17. The average Bonchev–Trinajstić information content (AvgIpc) is 4.01. The molecule has 1 amide bonds. The van der Waals surface area contributed by atoms with Gasteiger partial charge >= 0.3 is 0 Å². The predicted octanol–water partition coefficient (Wildman–Crippen LogP) is 8.01. The summed E-state index contributed by atoms with van der Waals surface area (Å²) in [6, 6.07) is 26.4. The van der Waals surface area contributed by atoms with Crippen LogP contribution in [0.15, 0.2) is 125 Å². The molecule has 1 fully saturated rings. The lowest BCUT2D eigenvalue weighted by Crippen LogP contribution is -2.14. The molecular weight excluding hydrogens is 692 g/mol. The molecule has 54 heavy (non-hydrogen) atoms. The SMILES string of the molecule is COc1ccc(C(=O)Nc2cccc(Oc3ccnc(-c4nnco4)c3)c2)cc1OC1CCCC1.Nc1cccc(Oc2ccnc(-c3nnco3)c2)c1. The van der Waals surface area contributed by atoms with Gasteiger partial charge in [-0.15, -0.1) is 20.4 Å². The first-order valence-electron chi connectivity index (χ1n) is 16.9. The van der Waals surface area contributed by atoms with Crippen LogP contribution in [-0.2, 0) is 0 Å². The Morgan fingerprint density at radius 3 is 1.93 bits per heavy atom. The number of amides is 1. The van der Waals surface area contributed by atoms with E-state index < -0.39 is 0 Å². The molecule has 0 bridgehead atoms. The van der Waals surface area contributed by atoms with Crippen LogP contribution in [0.2, 0.25) is 0 Å². The van der Waals surface area contributed by atoms with E-state index >= 15 is 0 Å². The van der Waals surface area contributed by atoms with Gasteiger partial charge in [-0.2, -0.15) is 0 Å². The largest absolute Gasteiger partial charge is 0.493 e. The fraction of sp³-hybridized carbons (Fsp3) is 0.154. The molecule has 3 N–H and O–H groups in total. The Hall–Kier alpha value is -7.29. The standard InChI is InChI=1S/C26H24N4O5.C13H10N4O2/c1-32-23-10-9-17(13-24(23)35-19-6-2-3-7-19)25(31)29-18-5-4-8-20(14-18)34-21-11-12-27-22(15-21)26-30-28-16-33-26;14-9-2-1-3-10(6-9)19-11-4-5-15-12(7-11)13-17-16-8-18-13/h4-5,8-16,19H,2-3,6-7H2,1H3,(H,29,31);1-8H,14H2. The normalized spacial score (nSPS) is 12.3. The molecular formula is C39H34N8O7. The minimum absolute atomic E-state index is 0.157. The van der Waals surface area contributed by atoms with Gasteiger partial charge in [-0.1, -0.05) is 12.1 Å². The first-order chi connectivity index (χ1) is 26.5. The van der Waals surface area contributed by atoms with E-state index in [1.54, 1.807) is 98.4 Å². The van der Waals surface area contributed by atoms with Gasteiger partial charge in [-0.05, 0) is 80.3 Å². The summed E-state index contributed by atoms with van der Waals surface area (Å²) in [5.41, 5.74) is 8.46. The molecule has 1 aliphatic rings. The highest BCUT2D eigenvalue weighted by Gasteiger charge is 2.20. The molecule has 272 valence electrons. The molecule has 15 heteroatoms. The van der Waals surface area contributed by atoms with Crippen molar-refractivity contribution in [2.75, 3.05) is 18.2 Å². The average molecular weight is 727 g/mol. The number of hydrogen-bond donors (Lipinski definition) is 2. The van der Waals surface area contributed by atoms with Crippen molar-refractivity contribution in [3.8, 4) is 57.7 Å². The molecule has 4 aromatic heterocycles. The molecule has 1 saturated carbocycles. The van der Waals surface area contributed by atoms with Crippen molar-refractivity contribution in [3.05, 3.63) is 122 Å². The van der Waals surface area contributed by atoms with Crippen LogP contribution in [0.1, 0.15) is 36.0 Å². The zero-order valence-corrected chi connectivity index (χ0v) is 29.0. The molecule has 7 aromatic rings. The third kappa shape index (κ3) is 9.13. The van der Waals surface area contributed by atoms with E-state index in [4.69, 9.17) is 33.5 Å². The summed E-state index contributed by atoms with van der Waals surface area (Å²) in [6.07, 6.45) is 10.2. The maximum absolute atomic E-state index is 13.0. The number of ether oxygens (including phenoxy) is 4. The van der Waals surface area contributed by atoms with Gasteiger partial charge < -0.3 is 38.8 Å². The molecule has 0 aliphatic heterocycles. The highest BCUT2D eigenvalue weighted by atomic mass is 16.5. The second kappa shape index (κ2) is 16.8. The summed E-state index contributed by atoms with van der Waals surface area (Å²) < 4.78 is 33.4. The van der Waals surface area contributed by atoms with E-state index in [9.17, 15) is 4.79 Å². The van der Waals surface area contributed by atoms with Gasteiger partial charge in [0.05, 0.1) is 13.2 Å². The molecule has 8 rings (SSSR count). The maximum atomic E-state index is 13.0. The number of hydrogen-bond acceptors (Lipinski definition) is 14. The van der Waals surface area contributed by atoms with Crippen molar-refractivity contribution in [1.82, 2.24) is 30.4 Å². The van der Waals surface area contributed by atoms with Crippen LogP contribution in [0.5, 0.6) is 34.5 Å². The third-order valence-corrected chi connectivity index (χ3v) is 8.06. The number of anilines is 2. The number of carbonyl (C=O) groups excluding carboxylic acids is 1. The molecule has 15 nitrogen and oxygen atoms in total. The number of methoxy groups -OCH3 is 1. The van der Waals surface area contributed by atoms with Crippen LogP contribution in [-0.4, -0.2) is 49.5 Å². The van der Waals surface area contributed by atoms with Gasteiger partial charge in [-0.25, -0.2) is 0 Å². The maximum Gasteiger partial charge on any atom is 0.266 e. The monoisotopic (exact) mass is 726 g/mol. The van der Waals surface area contributed by atoms with Crippen molar-refractivity contribution >= 4 is 17.3 Å².